The van der Waals surface area contributed by atoms with Gasteiger partial charge in [-0.15, -0.1) is 0 Å². The van der Waals surface area contributed by atoms with E-state index in [4.69, 9.17) is 0 Å². The van der Waals surface area contributed by atoms with E-state index in [1.807, 2.05) is 0 Å². The lowest BCUT2D eigenvalue weighted by Crippen LogP contribution is -2.54. The highest BCUT2D eigenvalue weighted by Crippen LogP contribution is 2.57. The predicted octanol–water partition coefficient (Wildman–Crippen LogP) is 6.07. The van der Waals surface area contributed by atoms with Crippen molar-refractivity contribution in [1.82, 2.24) is 10.2 Å². The lowest BCUT2D eigenvalue weighted by Gasteiger charge is -2.54. The van der Waals surface area contributed by atoms with Gasteiger partial charge >= 0.3 is 0 Å². The van der Waals surface area contributed by atoms with Gasteiger partial charge in [0.05, 0.1) is 0 Å². The molecule has 6 bridgehead atoms. The molecule has 0 spiro atoms. The number of fused-ring (bicyclic) bond motifs is 8. The van der Waals surface area contributed by atoms with E-state index in [9.17, 15) is 0 Å². The van der Waals surface area contributed by atoms with Gasteiger partial charge in [-0.3, -0.25) is 0 Å². The molecular formula is C30H36N2. The molecule has 7 unspecified atom stereocenters. The first-order valence-electron chi connectivity index (χ1n) is 13.5. The summed E-state index contributed by atoms with van der Waals surface area (Å²) in [6.45, 7) is 3.93. The molecule has 2 heteroatoms. The maximum Gasteiger partial charge on any atom is 0.0392 e. The first kappa shape index (κ1) is 18.7. The van der Waals surface area contributed by atoms with E-state index in [1.165, 1.54) is 58.0 Å². The fourth-order valence-electron chi connectivity index (χ4n) is 9.27. The zero-order valence-electron chi connectivity index (χ0n) is 19.2. The number of nitrogens with one attached hydrogen (secondary N) is 1. The number of hydrogen-bond acceptors (Lipinski definition) is 2. The topological polar surface area (TPSA) is 15.3 Å². The largest absolute Gasteiger partial charge is 0.309 e. The van der Waals surface area contributed by atoms with Crippen LogP contribution < -0.4 is 5.32 Å². The zero-order valence-corrected chi connectivity index (χ0v) is 19.2. The van der Waals surface area contributed by atoms with Crippen LogP contribution in [-0.2, 0) is 0 Å². The van der Waals surface area contributed by atoms with Gasteiger partial charge in [0.1, 0.15) is 0 Å². The predicted molar refractivity (Wildman–Crippen MR) is 129 cm³/mol. The Bertz CT molecular complexity index is 1050. The molecule has 9 aliphatic rings. The van der Waals surface area contributed by atoms with Crippen LogP contribution >= 0.6 is 0 Å². The van der Waals surface area contributed by atoms with Crippen LogP contribution in [-0.4, -0.2) is 30.6 Å². The second kappa shape index (κ2) is 6.93. The summed E-state index contributed by atoms with van der Waals surface area (Å²) in [5, 5.41) is 3.90. The molecule has 2 nitrogen and oxygen atoms in total. The Hall–Kier alpha value is -1.64. The highest BCUT2D eigenvalue weighted by Gasteiger charge is 2.48. The third-order valence-corrected chi connectivity index (χ3v) is 10.8. The van der Waals surface area contributed by atoms with Crippen molar-refractivity contribution in [3.05, 3.63) is 70.3 Å². The molecule has 166 valence electrons. The Morgan fingerprint density at radius 2 is 1.59 bits per heavy atom. The van der Waals surface area contributed by atoms with Crippen LogP contribution in [0.2, 0.25) is 0 Å². The Kier molecular flexibility index (Phi) is 4.06. The quantitative estimate of drug-likeness (QED) is 0.630. The first-order chi connectivity index (χ1) is 15.8. The molecule has 0 amide bonds. The molecule has 7 atom stereocenters. The Morgan fingerprint density at radius 1 is 0.719 bits per heavy atom. The summed E-state index contributed by atoms with van der Waals surface area (Å²) >= 11 is 0. The van der Waals surface area contributed by atoms with Crippen molar-refractivity contribution in [2.75, 3.05) is 19.6 Å². The summed E-state index contributed by atoms with van der Waals surface area (Å²) < 4.78 is 0. The van der Waals surface area contributed by atoms with E-state index in [1.54, 1.807) is 27.8 Å². The van der Waals surface area contributed by atoms with Gasteiger partial charge in [0.2, 0.25) is 0 Å². The fourth-order valence-corrected chi connectivity index (χ4v) is 9.27. The molecule has 2 aromatic carbocycles. The summed E-state index contributed by atoms with van der Waals surface area (Å²) in [6, 6.07) is 18.4. The lowest BCUT2D eigenvalue weighted by molar-refractivity contribution is -0.00521. The highest BCUT2D eigenvalue weighted by atomic mass is 15.2. The molecule has 1 saturated carbocycles. The van der Waals surface area contributed by atoms with Crippen LogP contribution in [0.25, 0.3) is 0 Å². The molecule has 11 rings (SSSR count). The number of piperidine rings is 4. The molecule has 2 aromatic rings. The molecule has 0 radical (unpaired) electrons. The van der Waals surface area contributed by atoms with Crippen molar-refractivity contribution >= 4 is 0 Å². The standard InChI is InChI=1S/C30H36N2/c1-2-4-25-22(3-1)21-16-27(30(25)31-17-21)20-6-7-23-24-8-5-19(26(23)14-20)15-28(24)29-13-18-9-11-32(29)12-10-18/h1-4,6-7,14,18-19,21,24,27-31H,5,8-13,15-17H2. The number of hydrogen-bond donors (Lipinski definition) is 1. The van der Waals surface area contributed by atoms with Crippen molar-refractivity contribution in [3.8, 4) is 0 Å². The third-order valence-electron chi connectivity index (χ3n) is 10.8. The van der Waals surface area contributed by atoms with Gasteiger partial charge in [-0.1, -0.05) is 42.5 Å². The average Bonchev–Trinajstić information content (AvgIpc) is 2.90. The van der Waals surface area contributed by atoms with Gasteiger partial charge in [-0.2, -0.15) is 0 Å². The average molecular weight is 425 g/mol. The molecule has 4 saturated heterocycles. The minimum atomic E-state index is 0.508. The van der Waals surface area contributed by atoms with Crippen LogP contribution in [0.3, 0.4) is 0 Å². The van der Waals surface area contributed by atoms with Gasteiger partial charge in [-0.25, -0.2) is 0 Å². The smallest absolute Gasteiger partial charge is 0.0392 e. The second-order valence-corrected chi connectivity index (χ2v) is 12.0. The van der Waals surface area contributed by atoms with Crippen LogP contribution in [0, 0.1) is 11.8 Å². The first-order valence-corrected chi connectivity index (χ1v) is 13.5. The van der Waals surface area contributed by atoms with Gasteiger partial charge in [0, 0.05) is 24.5 Å². The van der Waals surface area contributed by atoms with Crippen LogP contribution in [0.4, 0.5) is 0 Å². The maximum absolute atomic E-state index is 3.90. The van der Waals surface area contributed by atoms with Crippen molar-refractivity contribution < 1.29 is 0 Å². The van der Waals surface area contributed by atoms with Gasteiger partial charge < -0.3 is 10.2 Å². The Labute approximate surface area is 192 Å². The normalized spacial score (nSPS) is 43.2. The molecule has 1 N–H and O–H groups in total. The van der Waals surface area contributed by atoms with Crippen molar-refractivity contribution in [2.45, 2.75) is 80.7 Å². The number of nitrogens with zero attached hydrogens (tertiary/aromatic N) is 1. The zero-order chi connectivity index (χ0) is 20.8. The summed E-state index contributed by atoms with van der Waals surface area (Å²) in [4.78, 5) is 2.89. The molecule has 5 heterocycles. The van der Waals surface area contributed by atoms with Gasteiger partial charge in [0.15, 0.2) is 0 Å². The monoisotopic (exact) mass is 424 g/mol. The summed E-state index contributed by atoms with van der Waals surface area (Å²) in [7, 11) is 0. The van der Waals surface area contributed by atoms with Crippen LogP contribution in [0.5, 0.6) is 0 Å². The molecule has 5 fully saturated rings. The molecular weight excluding hydrogens is 388 g/mol. The maximum atomic E-state index is 3.90. The third kappa shape index (κ3) is 2.60. The number of benzene rings is 2. The van der Waals surface area contributed by atoms with Crippen molar-refractivity contribution in [1.29, 1.82) is 0 Å². The SMILES string of the molecule is c1ccc2c(c1)C1CNC2C(c2ccc3c(c2)C2CCC3C(C3CC4CCN3CC4)C2)C1. The highest BCUT2D eigenvalue weighted by molar-refractivity contribution is 5.47. The van der Waals surface area contributed by atoms with E-state index >= 15 is 0 Å². The van der Waals surface area contributed by atoms with Gasteiger partial charge in [-0.05, 0) is 115 Å². The van der Waals surface area contributed by atoms with E-state index in [0.717, 1.165) is 36.3 Å². The second-order valence-electron chi connectivity index (χ2n) is 12.0. The molecule has 0 aromatic heterocycles. The summed E-state index contributed by atoms with van der Waals surface area (Å²) in [5.41, 5.74) is 8.30. The summed E-state index contributed by atoms with van der Waals surface area (Å²) in [6.07, 6.45) is 10.1. The van der Waals surface area contributed by atoms with E-state index in [-0.39, 0.29) is 0 Å². The Balaban J connectivity index is 1.12. The minimum absolute atomic E-state index is 0.508. The van der Waals surface area contributed by atoms with Crippen molar-refractivity contribution in [2.24, 2.45) is 11.8 Å². The van der Waals surface area contributed by atoms with E-state index in [0.29, 0.717) is 17.9 Å². The lowest BCUT2D eigenvalue weighted by atomic mass is 9.57. The van der Waals surface area contributed by atoms with E-state index < -0.39 is 0 Å². The summed E-state index contributed by atoms with van der Waals surface area (Å²) in [5.74, 6) is 4.94. The van der Waals surface area contributed by atoms with Crippen LogP contribution in [0.15, 0.2) is 42.5 Å². The van der Waals surface area contributed by atoms with E-state index in [2.05, 4.69) is 52.7 Å². The van der Waals surface area contributed by atoms with Crippen molar-refractivity contribution in [3.63, 3.8) is 0 Å². The fraction of sp³-hybridized carbons (Fsp3) is 0.600. The molecule has 5 aliphatic heterocycles. The molecule has 4 aliphatic carbocycles. The van der Waals surface area contributed by atoms with Gasteiger partial charge in [0.25, 0.3) is 0 Å². The number of rotatable bonds is 2. The minimum Gasteiger partial charge on any atom is -0.309 e. The Morgan fingerprint density at radius 3 is 2.44 bits per heavy atom. The van der Waals surface area contributed by atoms with Crippen LogP contribution in [0.1, 0.15) is 102 Å². The molecule has 32 heavy (non-hydrogen) atoms.